The normalized spacial score (nSPS) is 13.2. The largest absolute Gasteiger partial charge is 0.328 e. The van der Waals surface area contributed by atoms with Gasteiger partial charge in [0.15, 0.2) is 0 Å². The maximum atomic E-state index is 12.2. The van der Waals surface area contributed by atoms with E-state index in [2.05, 4.69) is 4.98 Å². The van der Waals surface area contributed by atoms with E-state index < -0.39 is 0 Å². The van der Waals surface area contributed by atoms with Crippen LogP contribution >= 0.6 is 0 Å². The van der Waals surface area contributed by atoms with Crippen molar-refractivity contribution >= 4 is 5.91 Å². The van der Waals surface area contributed by atoms with Crippen molar-refractivity contribution in [1.82, 2.24) is 9.88 Å². The SMILES string of the molecule is N#Cc1cnc2c(c1)C(=O)N(Cc1ccccc1)C2. The number of aromatic nitrogens is 1. The third-order valence-corrected chi connectivity index (χ3v) is 3.17. The van der Waals surface area contributed by atoms with E-state index in [9.17, 15) is 4.79 Å². The van der Waals surface area contributed by atoms with E-state index in [0.29, 0.717) is 24.2 Å². The molecule has 0 spiro atoms. The Bertz CT molecular complexity index is 674. The molecule has 0 unspecified atom stereocenters. The van der Waals surface area contributed by atoms with E-state index in [4.69, 9.17) is 5.26 Å². The number of carbonyl (C=O) groups is 1. The maximum Gasteiger partial charge on any atom is 0.256 e. The highest BCUT2D eigenvalue weighted by Crippen LogP contribution is 2.23. The summed E-state index contributed by atoms with van der Waals surface area (Å²) in [6.07, 6.45) is 1.51. The van der Waals surface area contributed by atoms with Crippen molar-refractivity contribution in [2.75, 3.05) is 0 Å². The van der Waals surface area contributed by atoms with Crippen LogP contribution in [0.15, 0.2) is 42.6 Å². The number of hydrogen-bond donors (Lipinski definition) is 0. The molecule has 1 aromatic heterocycles. The van der Waals surface area contributed by atoms with Crippen LogP contribution < -0.4 is 0 Å². The van der Waals surface area contributed by atoms with Gasteiger partial charge in [0, 0.05) is 12.7 Å². The zero-order chi connectivity index (χ0) is 13.2. The fourth-order valence-corrected chi connectivity index (χ4v) is 2.22. The van der Waals surface area contributed by atoms with Gasteiger partial charge in [-0.1, -0.05) is 30.3 Å². The Morgan fingerprint density at radius 1 is 1.32 bits per heavy atom. The van der Waals surface area contributed by atoms with Gasteiger partial charge in [0.25, 0.3) is 5.91 Å². The van der Waals surface area contributed by atoms with Gasteiger partial charge in [-0.3, -0.25) is 9.78 Å². The smallest absolute Gasteiger partial charge is 0.256 e. The van der Waals surface area contributed by atoms with Gasteiger partial charge in [-0.25, -0.2) is 0 Å². The summed E-state index contributed by atoms with van der Waals surface area (Å²) in [5, 5.41) is 8.84. The Morgan fingerprint density at radius 2 is 2.11 bits per heavy atom. The van der Waals surface area contributed by atoms with Crippen molar-refractivity contribution in [3.8, 4) is 6.07 Å². The molecule has 0 radical (unpaired) electrons. The van der Waals surface area contributed by atoms with Gasteiger partial charge in [0.1, 0.15) is 6.07 Å². The Morgan fingerprint density at radius 3 is 2.84 bits per heavy atom. The number of pyridine rings is 1. The molecule has 0 bridgehead atoms. The predicted molar refractivity (Wildman–Crippen MR) is 69.0 cm³/mol. The van der Waals surface area contributed by atoms with Crippen LogP contribution in [0, 0.1) is 11.3 Å². The number of hydrogen-bond acceptors (Lipinski definition) is 3. The minimum absolute atomic E-state index is 0.0524. The van der Waals surface area contributed by atoms with Gasteiger partial charge in [-0.05, 0) is 11.6 Å². The highest BCUT2D eigenvalue weighted by Gasteiger charge is 2.28. The molecule has 1 aromatic carbocycles. The van der Waals surface area contributed by atoms with E-state index >= 15 is 0 Å². The average molecular weight is 249 g/mol. The van der Waals surface area contributed by atoms with Crippen LogP contribution in [-0.4, -0.2) is 15.8 Å². The minimum atomic E-state index is -0.0524. The van der Waals surface area contributed by atoms with Gasteiger partial charge >= 0.3 is 0 Å². The van der Waals surface area contributed by atoms with Crippen molar-refractivity contribution in [1.29, 1.82) is 5.26 Å². The number of rotatable bonds is 2. The first kappa shape index (κ1) is 11.4. The molecule has 0 saturated carbocycles. The summed E-state index contributed by atoms with van der Waals surface area (Å²) in [6, 6.07) is 13.5. The van der Waals surface area contributed by atoms with E-state index in [-0.39, 0.29) is 5.91 Å². The zero-order valence-corrected chi connectivity index (χ0v) is 10.2. The summed E-state index contributed by atoms with van der Waals surface area (Å²) in [5.41, 5.74) is 2.81. The van der Waals surface area contributed by atoms with Gasteiger partial charge in [0.05, 0.1) is 23.4 Å². The van der Waals surface area contributed by atoms with Crippen LogP contribution in [0.25, 0.3) is 0 Å². The summed E-state index contributed by atoms with van der Waals surface area (Å²) in [6.45, 7) is 1.08. The fourth-order valence-electron chi connectivity index (χ4n) is 2.22. The second-order valence-electron chi connectivity index (χ2n) is 4.48. The summed E-state index contributed by atoms with van der Waals surface area (Å²) >= 11 is 0. The summed E-state index contributed by atoms with van der Waals surface area (Å²) in [4.78, 5) is 18.2. The van der Waals surface area contributed by atoms with E-state index in [1.54, 1.807) is 11.0 Å². The van der Waals surface area contributed by atoms with Gasteiger partial charge in [-0.15, -0.1) is 0 Å². The second-order valence-corrected chi connectivity index (χ2v) is 4.48. The van der Waals surface area contributed by atoms with Crippen LogP contribution in [0.3, 0.4) is 0 Å². The van der Waals surface area contributed by atoms with Gasteiger partial charge < -0.3 is 4.90 Å². The van der Waals surface area contributed by atoms with E-state index in [1.165, 1.54) is 6.20 Å². The molecule has 3 rings (SSSR count). The van der Waals surface area contributed by atoms with Gasteiger partial charge in [-0.2, -0.15) is 5.26 Å². The molecule has 92 valence electrons. The predicted octanol–water partition coefficient (Wildman–Crippen LogP) is 2.11. The molecule has 1 amide bonds. The molecule has 0 saturated heterocycles. The molecular formula is C15H11N3O. The van der Waals surface area contributed by atoms with Crippen LogP contribution in [0.1, 0.15) is 27.2 Å². The van der Waals surface area contributed by atoms with Crippen LogP contribution in [0.4, 0.5) is 0 Å². The first-order valence-electron chi connectivity index (χ1n) is 6.00. The third-order valence-electron chi connectivity index (χ3n) is 3.17. The molecule has 2 heterocycles. The van der Waals surface area contributed by atoms with E-state index in [1.807, 2.05) is 36.4 Å². The zero-order valence-electron chi connectivity index (χ0n) is 10.2. The van der Waals surface area contributed by atoms with Crippen molar-refractivity contribution in [2.45, 2.75) is 13.1 Å². The topological polar surface area (TPSA) is 57.0 Å². The first-order chi connectivity index (χ1) is 9.28. The van der Waals surface area contributed by atoms with Crippen molar-refractivity contribution in [3.05, 3.63) is 65.0 Å². The number of carbonyl (C=O) groups excluding carboxylic acids is 1. The lowest BCUT2D eigenvalue weighted by atomic mass is 10.2. The van der Waals surface area contributed by atoms with Crippen molar-refractivity contribution in [3.63, 3.8) is 0 Å². The van der Waals surface area contributed by atoms with E-state index in [0.717, 1.165) is 11.3 Å². The average Bonchev–Trinajstić information content (AvgIpc) is 2.76. The highest BCUT2D eigenvalue weighted by atomic mass is 16.2. The number of amides is 1. The Balaban J connectivity index is 1.86. The Labute approximate surface area is 110 Å². The van der Waals surface area contributed by atoms with Crippen LogP contribution in [0.5, 0.6) is 0 Å². The molecule has 1 aliphatic rings. The fraction of sp³-hybridized carbons (Fsp3) is 0.133. The number of benzene rings is 1. The van der Waals surface area contributed by atoms with Gasteiger partial charge in [0.2, 0.25) is 0 Å². The Kier molecular flexibility index (Phi) is 2.73. The number of fused-ring (bicyclic) bond motifs is 1. The summed E-state index contributed by atoms with van der Waals surface area (Å²) < 4.78 is 0. The lowest BCUT2D eigenvalue weighted by molar-refractivity contribution is 0.0766. The molecule has 2 aromatic rings. The van der Waals surface area contributed by atoms with Crippen LogP contribution in [0.2, 0.25) is 0 Å². The Hall–Kier alpha value is -2.67. The lowest BCUT2D eigenvalue weighted by Gasteiger charge is -2.14. The molecule has 1 aliphatic heterocycles. The molecule has 4 heteroatoms. The molecule has 0 aliphatic carbocycles. The molecular weight excluding hydrogens is 238 g/mol. The molecule has 0 fully saturated rings. The molecule has 4 nitrogen and oxygen atoms in total. The van der Waals surface area contributed by atoms with Crippen LogP contribution in [-0.2, 0) is 13.1 Å². The first-order valence-corrected chi connectivity index (χ1v) is 6.00. The summed E-state index contributed by atoms with van der Waals surface area (Å²) in [5.74, 6) is -0.0524. The maximum absolute atomic E-state index is 12.2. The molecule has 0 atom stereocenters. The second kappa shape index (κ2) is 4.54. The number of nitriles is 1. The monoisotopic (exact) mass is 249 g/mol. The molecule has 0 N–H and O–H groups in total. The number of nitrogens with zero attached hydrogens (tertiary/aromatic N) is 3. The van der Waals surface area contributed by atoms with Crippen molar-refractivity contribution < 1.29 is 4.79 Å². The quantitative estimate of drug-likeness (QED) is 0.819. The highest BCUT2D eigenvalue weighted by molar-refractivity contribution is 5.98. The lowest BCUT2D eigenvalue weighted by Crippen LogP contribution is -2.23. The molecule has 19 heavy (non-hydrogen) atoms. The standard InChI is InChI=1S/C15H11N3O/c16-7-12-6-13-14(17-8-12)10-18(15(13)19)9-11-4-2-1-3-5-11/h1-6,8H,9-10H2. The minimum Gasteiger partial charge on any atom is -0.328 e. The summed E-state index contributed by atoms with van der Waals surface area (Å²) in [7, 11) is 0. The van der Waals surface area contributed by atoms with Crippen molar-refractivity contribution in [2.24, 2.45) is 0 Å². The third kappa shape index (κ3) is 2.06.